The maximum Gasteiger partial charge on any atom is 0.255 e. The number of carbonyl (C=O) groups is 2. The standard InChI is InChI=1S/C25H26BrN3O2/c1-15-11-16(2)24(17(3)12-15)28-23(30)14-29(5)25(31)21-9-10-22(27-18(21)4)19-7-6-8-20(26)13-19/h6-13H,14H2,1-5H3,(H,28,30). The molecule has 31 heavy (non-hydrogen) atoms. The molecule has 5 nitrogen and oxygen atoms in total. The molecule has 3 rings (SSSR count). The lowest BCUT2D eigenvalue weighted by atomic mass is 10.1. The van der Waals surface area contributed by atoms with Gasteiger partial charge in [-0.2, -0.15) is 0 Å². The van der Waals surface area contributed by atoms with E-state index in [0.29, 0.717) is 11.3 Å². The zero-order valence-electron chi connectivity index (χ0n) is 18.4. The Hall–Kier alpha value is -2.99. The number of likely N-dealkylation sites (N-methyl/N-ethyl adjacent to an activating group) is 1. The van der Waals surface area contributed by atoms with Crippen molar-refractivity contribution in [2.45, 2.75) is 27.7 Å². The van der Waals surface area contributed by atoms with Crippen molar-refractivity contribution in [1.82, 2.24) is 9.88 Å². The Morgan fingerprint density at radius 3 is 2.29 bits per heavy atom. The largest absolute Gasteiger partial charge is 0.332 e. The van der Waals surface area contributed by atoms with Gasteiger partial charge in [-0.1, -0.05) is 45.8 Å². The van der Waals surface area contributed by atoms with Crippen LogP contribution in [-0.2, 0) is 4.79 Å². The van der Waals surface area contributed by atoms with Crippen LogP contribution >= 0.6 is 15.9 Å². The molecule has 0 aliphatic carbocycles. The third-order valence-corrected chi connectivity index (χ3v) is 5.60. The van der Waals surface area contributed by atoms with E-state index in [2.05, 4.69) is 26.2 Å². The van der Waals surface area contributed by atoms with Gasteiger partial charge in [-0.25, -0.2) is 0 Å². The smallest absolute Gasteiger partial charge is 0.255 e. The Morgan fingerprint density at radius 1 is 1.00 bits per heavy atom. The van der Waals surface area contributed by atoms with Crippen LogP contribution in [0.25, 0.3) is 11.3 Å². The number of carbonyl (C=O) groups excluding carboxylic acids is 2. The van der Waals surface area contributed by atoms with Crippen molar-refractivity contribution in [1.29, 1.82) is 0 Å². The Morgan fingerprint density at radius 2 is 1.68 bits per heavy atom. The first-order valence-electron chi connectivity index (χ1n) is 10.0. The van der Waals surface area contributed by atoms with Gasteiger partial charge in [0, 0.05) is 22.8 Å². The van der Waals surface area contributed by atoms with Crippen LogP contribution in [0.3, 0.4) is 0 Å². The highest BCUT2D eigenvalue weighted by molar-refractivity contribution is 9.10. The lowest BCUT2D eigenvalue weighted by Crippen LogP contribution is -2.35. The molecule has 0 unspecified atom stereocenters. The van der Waals surface area contributed by atoms with Gasteiger partial charge in [0.15, 0.2) is 0 Å². The SMILES string of the molecule is Cc1cc(C)c(NC(=O)CN(C)C(=O)c2ccc(-c3cccc(Br)c3)nc2C)c(C)c1. The first-order chi connectivity index (χ1) is 14.7. The van der Waals surface area contributed by atoms with Crippen LogP contribution in [0.2, 0.25) is 0 Å². The van der Waals surface area contributed by atoms with Crippen molar-refractivity contribution in [3.8, 4) is 11.3 Å². The number of amides is 2. The molecule has 3 aromatic rings. The maximum absolute atomic E-state index is 12.9. The summed E-state index contributed by atoms with van der Waals surface area (Å²) < 4.78 is 0.967. The van der Waals surface area contributed by atoms with Gasteiger partial charge in [0.25, 0.3) is 5.91 Å². The molecule has 0 saturated carbocycles. The van der Waals surface area contributed by atoms with Gasteiger partial charge in [0.1, 0.15) is 0 Å². The Balaban J connectivity index is 1.72. The predicted octanol–water partition coefficient (Wildman–Crippen LogP) is 5.46. The van der Waals surface area contributed by atoms with Gasteiger partial charge in [0.2, 0.25) is 5.91 Å². The molecule has 0 aliphatic heterocycles. The number of rotatable bonds is 5. The van der Waals surface area contributed by atoms with Gasteiger partial charge in [-0.05, 0) is 63.1 Å². The minimum absolute atomic E-state index is 0.0432. The summed E-state index contributed by atoms with van der Waals surface area (Å²) in [7, 11) is 1.62. The predicted molar refractivity (Wildman–Crippen MR) is 128 cm³/mol. The molecule has 0 atom stereocenters. The monoisotopic (exact) mass is 479 g/mol. The molecule has 0 radical (unpaired) electrons. The second-order valence-electron chi connectivity index (χ2n) is 7.82. The van der Waals surface area contributed by atoms with Crippen LogP contribution in [0, 0.1) is 27.7 Å². The molecule has 1 aromatic heterocycles. The second kappa shape index (κ2) is 9.43. The molecular formula is C25H26BrN3O2. The van der Waals surface area contributed by atoms with Gasteiger partial charge in [-0.15, -0.1) is 0 Å². The van der Waals surface area contributed by atoms with Gasteiger partial charge >= 0.3 is 0 Å². The van der Waals surface area contributed by atoms with Crippen LogP contribution in [0.5, 0.6) is 0 Å². The van der Waals surface area contributed by atoms with Crippen molar-refractivity contribution in [2.24, 2.45) is 0 Å². The number of halogens is 1. The number of benzene rings is 2. The number of aryl methyl sites for hydroxylation is 4. The van der Waals surface area contributed by atoms with E-state index in [0.717, 1.165) is 38.1 Å². The number of hydrogen-bond acceptors (Lipinski definition) is 3. The molecule has 2 aromatic carbocycles. The summed E-state index contributed by atoms with van der Waals surface area (Å²) in [5.74, 6) is -0.472. The van der Waals surface area contributed by atoms with E-state index in [9.17, 15) is 9.59 Å². The molecule has 1 heterocycles. The molecule has 0 aliphatic rings. The lowest BCUT2D eigenvalue weighted by molar-refractivity contribution is -0.116. The topological polar surface area (TPSA) is 62.3 Å². The van der Waals surface area contributed by atoms with Gasteiger partial charge < -0.3 is 10.2 Å². The summed E-state index contributed by atoms with van der Waals surface area (Å²) >= 11 is 3.47. The van der Waals surface area contributed by atoms with E-state index in [1.54, 1.807) is 13.1 Å². The molecule has 0 saturated heterocycles. The molecule has 160 valence electrons. The van der Waals surface area contributed by atoms with Crippen LogP contribution in [-0.4, -0.2) is 35.3 Å². The Labute approximate surface area is 191 Å². The van der Waals surface area contributed by atoms with E-state index in [1.165, 1.54) is 4.90 Å². The van der Waals surface area contributed by atoms with Crippen LogP contribution in [0.4, 0.5) is 5.69 Å². The average Bonchev–Trinajstić information content (AvgIpc) is 2.70. The summed E-state index contributed by atoms with van der Waals surface area (Å²) in [5.41, 5.74) is 6.82. The third-order valence-electron chi connectivity index (χ3n) is 5.11. The molecule has 2 amide bonds. The molecule has 6 heteroatoms. The van der Waals surface area contributed by atoms with E-state index in [-0.39, 0.29) is 18.4 Å². The summed E-state index contributed by atoms with van der Waals surface area (Å²) in [4.78, 5) is 31.5. The van der Waals surface area contributed by atoms with E-state index in [1.807, 2.05) is 70.2 Å². The van der Waals surface area contributed by atoms with E-state index < -0.39 is 0 Å². The normalized spacial score (nSPS) is 10.6. The summed E-state index contributed by atoms with van der Waals surface area (Å²) in [6.45, 7) is 7.72. The highest BCUT2D eigenvalue weighted by Crippen LogP contribution is 2.24. The average molecular weight is 480 g/mol. The fourth-order valence-electron chi connectivity index (χ4n) is 3.64. The van der Waals surface area contributed by atoms with Crippen LogP contribution < -0.4 is 5.32 Å². The number of pyridine rings is 1. The first-order valence-corrected chi connectivity index (χ1v) is 10.8. The number of anilines is 1. The molecule has 0 spiro atoms. The number of hydrogen-bond donors (Lipinski definition) is 1. The van der Waals surface area contributed by atoms with Crippen molar-refractivity contribution < 1.29 is 9.59 Å². The lowest BCUT2D eigenvalue weighted by Gasteiger charge is -2.19. The van der Waals surface area contributed by atoms with Crippen LogP contribution in [0.15, 0.2) is 53.0 Å². The number of nitrogens with one attached hydrogen (secondary N) is 1. The Bertz CT molecular complexity index is 1130. The molecule has 0 bridgehead atoms. The second-order valence-corrected chi connectivity index (χ2v) is 8.74. The summed E-state index contributed by atoms with van der Waals surface area (Å²) in [6, 6.07) is 15.5. The first kappa shape index (κ1) is 22.7. The van der Waals surface area contributed by atoms with Crippen molar-refractivity contribution >= 4 is 33.4 Å². The fourth-order valence-corrected chi connectivity index (χ4v) is 4.04. The highest BCUT2D eigenvalue weighted by Gasteiger charge is 2.19. The molecule has 0 fully saturated rings. The van der Waals surface area contributed by atoms with Crippen molar-refractivity contribution in [3.63, 3.8) is 0 Å². The molecule has 1 N–H and O–H groups in total. The van der Waals surface area contributed by atoms with E-state index >= 15 is 0 Å². The zero-order valence-corrected chi connectivity index (χ0v) is 20.0. The summed E-state index contributed by atoms with van der Waals surface area (Å²) in [6.07, 6.45) is 0. The quantitative estimate of drug-likeness (QED) is 0.528. The van der Waals surface area contributed by atoms with Gasteiger partial charge in [-0.3, -0.25) is 14.6 Å². The summed E-state index contributed by atoms with van der Waals surface area (Å²) in [5, 5.41) is 2.94. The van der Waals surface area contributed by atoms with Crippen molar-refractivity contribution in [2.75, 3.05) is 18.9 Å². The minimum Gasteiger partial charge on any atom is -0.332 e. The maximum atomic E-state index is 12.9. The number of nitrogens with zero attached hydrogens (tertiary/aromatic N) is 2. The molecular weight excluding hydrogens is 454 g/mol. The van der Waals surface area contributed by atoms with Crippen molar-refractivity contribution in [3.05, 3.63) is 81.0 Å². The highest BCUT2D eigenvalue weighted by atomic mass is 79.9. The zero-order chi connectivity index (χ0) is 22.7. The van der Waals surface area contributed by atoms with E-state index in [4.69, 9.17) is 0 Å². The fraction of sp³-hybridized carbons (Fsp3) is 0.240. The minimum atomic E-state index is -0.238. The van der Waals surface area contributed by atoms with Gasteiger partial charge in [0.05, 0.1) is 23.5 Å². The third kappa shape index (κ3) is 5.39. The van der Waals surface area contributed by atoms with Crippen LogP contribution in [0.1, 0.15) is 32.7 Å². The number of aromatic nitrogens is 1. The Kier molecular flexibility index (Phi) is 6.91.